The summed E-state index contributed by atoms with van der Waals surface area (Å²) < 4.78 is 3.19. The largest absolute Gasteiger partial charge is 0.337 e. The number of fused-ring (bicyclic) bond motifs is 1. The molecule has 1 aliphatic rings. The Kier molecular flexibility index (Phi) is 6.70. The number of carbonyl (C=O) groups is 1. The Labute approximate surface area is 209 Å². The summed E-state index contributed by atoms with van der Waals surface area (Å²) in [5, 5.41) is 1.49. The van der Waals surface area contributed by atoms with Gasteiger partial charge in [0.2, 0.25) is 5.91 Å². The third-order valence-corrected chi connectivity index (χ3v) is 8.26. The van der Waals surface area contributed by atoms with Crippen LogP contribution in [0.25, 0.3) is 10.2 Å². The molecule has 0 unspecified atom stereocenters. The van der Waals surface area contributed by atoms with E-state index in [1.54, 1.807) is 17.5 Å². The minimum Gasteiger partial charge on any atom is -0.337 e. The molecule has 0 aliphatic heterocycles. The predicted octanol–water partition coefficient (Wildman–Crippen LogP) is 6.64. The number of halogens is 1. The monoisotopic (exact) mass is 492 g/mol. The summed E-state index contributed by atoms with van der Waals surface area (Å²) >= 11 is 7.80. The van der Waals surface area contributed by atoms with Gasteiger partial charge in [0.25, 0.3) is 0 Å². The van der Waals surface area contributed by atoms with E-state index in [9.17, 15) is 4.79 Å². The second-order valence-electron chi connectivity index (χ2n) is 9.02. The van der Waals surface area contributed by atoms with Crippen LogP contribution >= 0.6 is 22.9 Å². The first-order chi connectivity index (χ1) is 16.6. The summed E-state index contributed by atoms with van der Waals surface area (Å²) in [4.78, 5) is 25.5. The molecular formula is C27H29ClN4OS. The molecular weight excluding hydrogens is 464 g/mol. The SMILES string of the molecule is CCc1cccc2sc(N(CCCn3ccnc3)C(=O)C3(c4ccc(Cl)cc4)CCCC3)nc12. The third kappa shape index (κ3) is 4.37. The smallest absolute Gasteiger partial charge is 0.239 e. The Morgan fingerprint density at radius 3 is 2.68 bits per heavy atom. The molecule has 2 aromatic carbocycles. The molecule has 7 heteroatoms. The van der Waals surface area contributed by atoms with Crippen molar-refractivity contribution in [2.45, 2.75) is 57.4 Å². The molecule has 0 saturated heterocycles. The maximum absolute atomic E-state index is 14.4. The van der Waals surface area contributed by atoms with E-state index in [2.05, 4.69) is 34.7 Å². The van der Waals surface area contributed by atoms with Crippen LogP contribution in [0.15, 0.2) is 61.2 Å². The van der Waals surface area contributed by atoms with Crippen LogP contribution in [0, 0.1) is 0 Å². The van der Waals surface area contributed by atoms with E-state index in [0.29, 0.717) is 11.6 Å². The average molecular weight is 493 g/mol. The van der Waals surface area contributed by atoms with Gasteiger partial charge < -0.3 is 4.57 Å². The zero-order valence-electron chi connectivity index (χ0n) is 19.4. The zero-order chi connectivity index (χ0) is 23.5. The van der Waals surface area contributed by atoms with Gasteiger partial charge in [0.05, 0.1) is 22.0 Å². The van der Waals surface area contributed by atoms with Gasteiger partial charge in [-0.25, -0.2) is 9.97 Å². The van der Waals surface area contributed by atoms with Gasteiger partial charge in [-0.1, -0.05) is 67.0 Å². The van der Waals surface area contributed by atoms with Crippen LogP contribution in [0.2, 0.25) is 5.02 Å². The van der Waals surface area contributed by atoms with Gasteiger partial charge in [0.15, 0.2) is 5.13 Å². The van der Waals surface area contributed by atoms with Gasteiger partial charge in [0, 0.05) is 30.5 Å². The highest BCUT2D eigenvalue weighted by Gasteiger charge is 2.45. The maximum Gasteiger partial charge on any atom is 0.239 e. The van der Waals surface area contributed by atoms with E-state index < -0.39 is 5.41 Å². The van der Waals surface area contributed by atoms with Crippen LogP contribution in [0.1, 0.15) is 50.2 Å². The number of para-hydroxylation sites is 1. The Balaban J connectivity index is 1.52. The Morgan fingerprint density at radius 1 is 1.18 bits per heavy atom. The molecule has 1 amide bonds. The number of carbonyl (C=O) groups excluding carboxylic acids is 1. The number of amides is 1. The van der Waals surface area contributed by atoms with Crippen molar-refractivity contribution in [3.05, 3.63) is 77.3 Å². The van der Waals surface area contributed by atoms with Gasteiger partial charge in [-0.15, -0.1) is 0 Å². The van der Waals surface area contributed by atoms with Crippen molar-refractivity contribution in [1.82, 2.24) is 14.5 Å². The van der Waals surface area contributed by atoms with E-state index in [1.807, 2.05) is 41.7 Å². The highest BCUT2D eigenvalue weighted by atomic mass is 35.5. The molecule has 0 atom stereocenters. The second-order valence-corrected chi connectivity index (χ2v) is 10.5. The summed E-state index contributed by atoms with van der Waals surface area (Å²) in [5.74, 6) is 0.162. The topological polar surface area (TPSA) is 51.0 Å². The van der Waals surface area contributed by atoms with Crippen molar-refractivity contribution in [3.63, 3.8) is 0 Å². The van der Waals surface area contributed by atoms with Crippen LogP contribution in [-0.2, 0) is 23.2 Å². The number of benzene rings is 2. The molecule has 0 spiro atoms. The van der Waals surface area contributed by atoms with Gasteiger partial charge in [0.1, 0.15) is 0 Å². The van der Waals surface area contributed by atoms with Gasteiger partial charge in [-0.2, -0.15) is 0 Å². The minimum absolute atomic E-state index is 0.162. The standard InChI is InChI=1S/C27H29ClN4OS/c1-2-20-7-5-8-23-24(20)30-26(34-23)32(17-6-16-31-18-15-29-19-31)25(33)27(13-3-4-14-27)21-9-11-22(28)12-10-21/h5,7-12,15,18-19H,2-4,6,13-14,16-17H2,1H3. The van der Waals surface area contributed by atoms with Crippen LogP contribution in [0.3, 0.4) is 0 Å². The number of anilines is 1. The Bertz CT molecular complexity index is 1260. The lowest BCUT2D eigenvalue weighted by Crippen LogP contribution is -2.46. The summed E-state index contributed by atoms with van der Waals surface area (Å²) in [6, 6.07) is 14.2. The van der Waals surface area contributed by atoms with Gasteiger partial charge >= 0.3 is 0 Å². The van der Waals surface area contributed by atoms with Gasteiger partial charge in [-0.05, 0) is 55.0 Å². The third-order valence-electron chi connectivity index (χ3n) is 6.97. The summed E-state index contributed by atoms with van der Waals surface area (Å²) in [6.07, 6.45) is 11.1. The number of rotatable bonds is 8. The van der Waals surface area contributed by atoms with Crippen LogP contribution in [0.4, 0.5) is 5.13 Å². The van der Waals surface area contributed by atoms with E-state index in [1.165, 1.54) is 5.56 Å². The van der Waals surface area contributed by atoms with Crippen molar-refractivity contribution in [3.8, 4) is 0 Å². The number of imidazole rings is 1. The second kappa shape index (κ2) is 9.88. The fourth-order valence-electron chi connectivity index (χ4n) is 5.14. The van der Waals surface area contributed by atoms with E-state index >= 15 is 0 Å². The number of nitrogens with zero attached hydrogens (tertiary/aromatic N) is 4. The number of hydrogen-bond donors (Lipinski definition) is 0. The molecule has 1 saturated carbocycles. The van der Waals surface area contributed by atoms with Crippen molar-refractivity contribution in [1.29, 1.82) is 0 Å². The van der Waals surface area contributed by atoms with Crippen molar-refractivity contribution < 1.29 is 4.79 Å². The summed E-state index contributed by atoms with van der Waals surface area (Å²) in [6.45, 7) is 3.58. The van der Waals surface area contributed by atoms with E-state index in [0.717, 1.165) is 66.0 Å². The normalized spacial score (nSPS) is 15.1. The summed E-state index contributed by atoms with van der Waals surface area (Å²) in [5.41, 5.74) is 2.78. The molecule has 0 N–H and O–H groups in total. The average Bonchev–Trinajstić information content (AvgIpc) is 3.62. The first kappa shape index (κ1) is 23.1. The zero-order valence-corrected chi connectivity index (χ0v) is 21.0. The molecule has 4 aromatic rings. The molecule has 1 aliphatic carbocycles. The number of aromatic nitrogens is 3. The highest BCUT2D eigenvalue weighted by Crippen LogP contribution is 2.44. The Morgan fingerprint density at radius 2 is 1.97 bits per heavy atom. The summed E-state index contributed by atoms with van der Waals surface area (Å²) in [7, 11) is 0. The molecule has 176 valence electrons. The van der Waals surface area contributed by atoms with Crippen LogP contribution in [0.5, 0.6) is 0 Å². The van der Waals surface area contributed by atoms with Crippen molar-refractivity contribution in [2.75, 3.05) is 11.4 Å². The molecule has 0 radical (unpaired) electrons. The first-order valence-electron chi connectivity index (χ1n) is 12.0. The van der Waals surface area contributed by atoms with E-state index in [4.69, 9.17) is 16.6 Å². The highest BCUT2D eigenvalue weighted by molar-refractivity contribution is 7.22. The lowest BCUT2D eigenvalue weighted by molar-refractivity contribution is -0.124. The lowest BCUT2D eigenvalue weighted by Gasteiger charge is -2.34. The van der Waals surface area contributed by atoms with Crippen LogP contribution in [-0.4, -0.2) is 27.0 Å². The van der Waals surface area contributed by atoms with Crippen LogP contribution < -0.4 is 4.90 Å². The predicted molar refractivity (Wildman–Crippen MR) is 140 cm³/mol. The fraction of sp³-hybridized carbons (Fsp3) is 0.370. The minimum atomic E-state index is -0.523. The Hall–Kier alpha value is -2.70. The molecule has 1 fully saturated rings. The van der Waals surface area contributed by atoms with E-state index in [-0.39, 0.29) is 5.91 Å². The number of hydrogen-bond acceptors (Lipinski definition) is 4. The molecule has 0 bridgehead atoms. The number of aryl methyl sites for hydroxylation is 2. The number of thiazole rings is 1. The lowest BCUT2D eigenvalue weighted by atomic mass is 9.77. The van der Waals surface area contributed by atoms with Crippen molar-refractivity contribution >= 4 is 44.2 Å². The molecule has 2 heterocycles. The molecule has 5 rings (SSSR count). The molecule has 5 nitrogen and oxygen atoms in total. The fourth-order valence-corrected chi connectivity index (χ4v) is 6.30. The first-order valence-corrected chi connectivity index (χ1v) is 13.2. The van der Waals surface area contributed by atoms with Crippen molar-refractivity contribution in [2.24, 2.45) is 0 Å². The molecule has 2 aromatic heterocycles. The molecule has 34 heavy (non-hydrogen) atoms. The quantitative estimate of drug-likeness (QED) is 0.277. The van der Waals surface area contributed by atoms with Gasteiger partial charge in [-0.3, -0.25) is 9.69 Å². The maximum atomic E-state index is 14.4.